The van der Waals surface area contributed by atoms with E-state index >= 15 is 0 Å². The fraction of sp³-hybridized carbons (Fsp3) is 0.579. The van der Waals surface area contributed by atoms with Crippen LogP contribution in [0.1, 0.15) is 25.3 Å². The second kappa shape index (κ2) is 11.9. The summed E-state index contributed by atoms with van der Waals surface area (Å²) < 4.78 is 15.8. The largest absolute Gasteiger partial charge is 0.493 e. The van der Waals surface area contributed by atoms with Crippen molar-refractivity contribution in [2.24, 2.45) is 10.9 Å². The Labute approximate surface area is 178 Å². The van der Waals surface area contributed by atoms with Crippen molar-refractivity contribution < 1.29 is 19.0 Å². The molecule has 0 atom stereocenters. The van der Waals surface area contributed by atoms with Crippen LogP contribution >= 0.6 is 24.0 Å². The number of benzene rings is 1. The lowest BCUT2D eigenvalue weighted by Gasteiger charge is -2.33. The number of halogens is 1. The van der Waals surface area contributed by atoms with Crippen molar-refractivity contribution in [3.63, 3.8) is 0 Å². The quantitative estimate of drug-likeness (QED) is 0.286. The summed E-state index contributed by atoms with van der Waals surface area (Å²) in [5.41, 5.74) is 1.08. The molecule has 8 heteroatoms. The Bertz CT molecular complexity index is 631. The highest BCUT2D eigenvalue weighted by molar-refractivity contribution is 14.0. The summed E-state index contributed by atoms with van der Waals surface area (Å²) in [7, 11) is 4.85. The first kappa shape index (κ1) is 23.3. The topological polar surface area (TPSA) is 72.4 Å². The van der Waals surface area contributed by atoms with Crippen molar-refractivity contribution in [3.8, 4) is 11.5 Å². The van der Waals surface area contributed by atoms with Gasteiger partial charge >= 0.3 is 5.97 Å². The molecular formula is C19H30IN3O4. The molecule has 0 radical (unpaired) electrons. The Morgan fingerprint density at radius 3 is 2.52 bits per heavy atom. The maximum atomic E-state index is 11.6. The predicted molar refractivity (Wildman–Crippen MR) is 116 cm³/mol. The molecule has 27 heavy (non-hydrogen) atoms. The number of ether oxygens (including phenoxy) is 3. The van der Waals surface area contributed by atoms with Crippen LogP contribution in [0.25, 0.3) is 0 Å². The van der Waals surface area contributed by atoms with Gasteiger partial charge in [-0.1, -0.05) is 6.07 Å². The molecule has 1 aromatic rings. The molecule has 1 heterocycles. The molecule has 0 aliphatic carbocycles. The predicted octanol–water partition coefficient (Wildman–Crippen LogP) is 2.67. The van der Waals surface area contributed by atoms with Crippen molar-refractivity contribution in [2.45, 2.75) is 26.3 Å². The van der Waals surface area contributed by atoms with E-state index in [-0.39, 0.29) is 35.9 Å². The van der Waals surface area contributed by atoms with Crippen molar-refractivity contribution in [2.75, 3.05) is 41.0 Å². The first-order chi connectivity index (χ1) is 12.6. The Balaban J connectivity index is 0.00000364. The minimum atomic E-state index is -0.117. The monoisotopic (exact) mass is 491 g/mol. The Morgan fingerprint density at radius 2 is 1.96 bits per heavy atom. The molecule has 1 fully saturated rings. The van der Waals surface area contributed by atoms with Crippen LogP contribution in [0.5, 0.6) is 11.5 Å². The normalized spacial score (nSPS) is 15.0. The Kier molecular flexibility index (Phi) is 10.3. The van der Waals surface area contributed by atoms with Crippen LogP contribution in [-0.4, -0.2) is 57.8 Å². The van der Waals surface area contributed by atoms with Crippen molar-refractivity contribution in [1.82, 2.24) is 10.2 Å². The lowest BCUT2D eigenvalue weighted by atomic mass is 9.97. The molecule has 0 amide bonds. The van der Waals surface area contributed by atoms with Crippen molar-refractivity contribution in [3.05, 3.63) is 23.8 Å². The summed E-state index contributed by atoms with van der Waals surface area (Å²) in [4.78, 5) is 18.2. The molecule has 1 saturated heterocycles. The number of rotatable bonds is 6. The van der Waals surface area contributed by atoms with Gasteiger partial charge in [-0.05, 0) is 37.5 Å². The van der Waals surface area contributed by atoms with Gasteiger partial charge in [-0.3, -0.25) is 9.79 Å². The summed E-state index contributed by atoms with van der Waals surface area (Å²) >= 11 is 0. The molecular weight excluding hydrogens is 461 g/mol. The molecule has 1 aliphatic rings. The molecule has 7 nitrogen and oxygen atoms in total. The molecule has 0 bridgehead atoms. The second-order valence-electron chi connectivity index (χ2n) is 6.10. The average molecular weight is 491 g/mol. The lowest BCUT2D eigenvalue weighted by molar-refractivity contribution is -0.146. The number of aliphatic imine (C=N–C) groups is 1. The van der Waals surface area contributed by atoms with Gasteiger partial charge in [0.15, 0.2) is 17.5 Å². The first-order valence-electron chi connectivity index (χ1n) is 8.96. The minimum absolute atomic E-state index is 0. The van der Waals surface area contributed by atoms with Gasteiger partial charge in [0.05, 0.1) is 26.7 Å². The Hall–Kier alpha value is -1.71. The molecule has 0 spiro atoms. The zero-order chi connectivity index (χ0) is 18.9. The number of piperidine rings is 1. The third-order valence-corrected chi connectivity index (χ3v) is 4.52. The summed E-state index contributed by atoms with van der Waals surface area (Å²) in [6, 6.07) is 5.90. The van der Waals surface area contributed by atoms with E-state index in [0.717, 1.165) is 49.0 Å². The molecule has 1 aliphatic heterocycles. The van der Waals surface area contributed by atoms with Gasteiger partial charge in [0.2, 0.25) is 0 Å². The fourth-order valence-electron chi connectivity index (χ4n) is 3.10. The van der Waals surface area contributed by atoms with Gasteiger partial charge in [0.25, 0.3) is 0 Å². The Morgan fingerprint density at radius 1 is 1.26 bits per heavy atom. The third kappa shape index (κ3) is 6.44. The van der Waals surface area contributed by atoms with Crippen LogP contribution < -0.4 is 14.8 Å². The molecule has 0 aromatic heterocycles. The number of methoxy groups -OCH3 is 2. The maximum Gasteiger partial charge on any atom is 0.308 e. The summed E-state index contributed by atoms with van der Waals surface area (Å²) in [6.45, 7) is 4.74. The van der Waals surface area contributed by atoms with E-state index in [1.807, 2.05) is 25.1 Å². The van der Waals surface area contributed by atoms with Gasteiger partial charge in [-0.25, -0.2) is 0 Å². The highest BCUT2D eigenvalue weighted by Gasteiger charge is 2.26. The first-order valence-corrected chi connectivity index (χ1v) is 8.96. The molecule has 2 rings (SSSR count). The van der Waals surface area contributed by atoms with Gasteiger partial charge in [-0.2, -0.15) is 0 Å². The van der Waals surface area contributed by atoms with Gasteiger partial charge in [0.1, 0.15) is 0 Å². The maximum absolute atomic E-state index is 11.6. The van der Waals surface area contributed by atoms with Gasteiger partial charge in [0, 0.05) is 26.7 Å². The number of hydrogen-bond acceptors (Lipinski definition) is 5. The van der Waals surface area contributed by atoms with Crippen LogP contribution in [0.4, 0.5) is 0 Å². The standard InChI is InChI=1S/C19H29N3O4.HI/c1-5-26-16-7-6-14(12-17(16)24-3)13-21-19(20-2)22-10-8-15(9-11-22)18(23)25-4;/h6-7,12,15H,5,8-11,13H2,1-4H3,(H,20,21);1H. The molecule has 0 saturated carbocycles. The van der Waals surface area contributed by atoms with E-state index < -0.39 is 0 Å². The zero-order valence-electron chi connectivity index (χ0n) is 16.5. The summed E-state index contributed by atoms with van der Waals surface area (Å²) in [6.07, 6.45) is 1.56. The van der Waals surface area contributed by atoms with Crippen LogP contribution in [0.2, 0.25) is 0 Å². The van der Waals surface area contributed by atoms with E-state index in [1.54, 1.807) is 14.2 Å². The zero-order valence-corrected chi connectivity index (χ0v) is 18.8. The highest BCUT2D eigenvalue weighted by atomic mass is 127. The van der Waals surface area contributed by atoms with Crippen LogP contribution in [0, 0.1) is 5.92 Å². The SMILES string of the molecule is CCOc1ccc(CNC(=NC)N2CCC(C(=O)OC)CC2)cc1OC.I. The average Bonchev–Trinajstić information content (AvgIpc) is 2.69. The van der Waals surface area contributed by atoms with Gasteiger partial charge in [-0.15, -0.1) is 24.0 Å². The number of likely N-dealkylation sites (tertiary alicyclic amines) is 1. The second-order valence-corrected chi connectivity index (χ2v) is 6.10. The number of carbonyl (C=O) groups is 1. The molecule has 152 valence electrons. The van der Waals surface area contributed by atoms with Crippen molar-refractivity contribution in [1.29, 1.82) is 0 Å². The smallest absolute Gasteiger partial charge is 0.308 e. The number of guanidine groups is 1. The van der Waals surface area contributed by atoms with E-state index in [1.165, 1.54) is 7.11 Å². The van der Waals surface area contributed by atoms with E-state index in [2.05, 4.69) is 15.2 Å². The summed E-state index contributed by atoms with van der Waals surface area (Å²) in [5.74, 6) is 2.17. The third-order valence-electron chi connectivity index (χ3n) is 4.52. The number of nitrogens with zero attached hydrogens (tertiary/aromatic N) is 2. The van der Waals surface area contributed by atoms with Crippen LogP contribution in [0.15, 0.2) is 23.2 Å². The lowest BCUT2D eigenvalue weighted by Crippen LogP contribution is -2.46. The molecule has 1 aromatic carbocycles. The number of hydrogen-bond donors (Lipinski definition) is 1. The van der Waals surface area contributed by atoms with Gasteiger partial charge < -0.3 is 24.4 Å². The van der Waals surface area contributed by atoms with Crippen LogP contribution in [-0.2, 0) is 16.1 Å². The number of nitrogens with one attached hydrogen (secondary N) is 1. The van der Waals surface area contributed by atoms with Crippen LogP contribution in [0.3, 0.4) is 0 Å². The molecule has 0 unspecified atom stereocenters. The fourth-order valence-corrected chi connectivity index (χ4v) is 3.10. The van der Waals surface area contributed by atoms with Crippen molar-refractivity contribution >= 4 is 35.9 Å². The number of esters is 1. The molecule has 1 N–H and O–H groups in total. The van der Waals surface area contributed by atoms with E-state index in [4.69, 9.17) is 14.2 Å². The van der Waals surface area contributed by atoms with E-state index in [0.29, 0.717) is 13.2 Å². The summed E-state index contributed by atoms with van der Waals surface area (Å²) in [5, 5.41) is 3.38. The highest BCUT2D eigenvalue weighted by Crippen LogP contribution is 2.28. The minimum Gasteiger partial charge on any atom is -0.493 e. The number of carbonyl (C=O) groups excluding carboxylic acids is 1. The van der Waals surface area contributed by atoms with E-state index in [9.17, 15) is 4.79 Å².